The predicted molar refractivity (Wildman–Crippen MR) is 165 cm³/mol. The summed E-state index contributed by atoms with van der Waals surface area (Å²) in [5.41, 5.74) is 2.29. The summed E-state index contributed by atoms with van der Waals surface area (Å²) in [7, 11) is -3.81. The molecule has 1 saturated carbocycles. The Morgan fingerprint density at radius 1 is 1.07 bits per heavy atom. The summed E-state index contributed by atoms with van der Waals surface area (Å²) in [6.45, 7) is 5.98. The first-order valence-electron chi connectivity index (χ1n) is 14.5. The van der Waals surface area contributed by atoms with Crippen molar-refractivity contribution in [2.24, 2.45) is 0 Å². The number of anilines is 1. The number of sulfonamides is 1. The molecule has 0 unspecified atom stereocenters. The molecule has 6 rings (SSSR count). The maximum Gasteiger partial charge on any atom is 0.277 e. The van der Waals surface area contributed by atoms with Gasteiger partial charge in [0.1, 0.15) is 11.6 Å². The number of piperazine rings is 1. The Balaban J connectivity index is 1.34. The molecule has 10 nitrogen and oxygen atoms in total. The number of hydrogen-bond acceptors (Lipinski definition) is 8. The van der Waals surface area contributed by atoms with Crippen LogP contribution in [-0.2, 0) is 10.0 Å². The molecule has 42 heavy (non-hydrogen) atoms. The van der Waals surface area contributed by atoms with Crippen molar-refractivity contribution in [1.29, 1.82) is 0 Å². The first-order chi connectivity index (χ1) is 20.3. The van der Waals surface area contributed by atoms with Gasteiger partial charge < -0.3 is 14.6 Å². The third-order valence-corrected chi connectivity index (χ3v) is 10.9. The molecule has 0 amide bonds. The third kappa shape index (κ3) is 5.20. The molecular formula is C30H36N6O4S2. The normalized spacial score (nSPS) is 16.9. The van der Waals surface area contributed by atoms with Crippen LogP contribution in [-0.4, -0.2) is 71.3 Å². The zero-order valence-electron chi connectivity index (χ0n) is 24.2. The van der Waals surface area contributed by atoms with E-state index in [0.717, 1.165) is 37.2 Å². The standard InChI is InChI=1S/C30H36N6O4S2/c1-4-40-25-14-13-22(42(38,39)35-17-15-34(16-18-35)24-11-7-8-12-26(24)41-3)19-23(25)28-32-30(37)27-20(2)31-29(36(27)33-28)21-9-5-6-10-21/h7-8,11-14,19,21H,4-6,9-10,15-18H2,1-3H3,(H,32,33,37). The van der Waals surface area contributed by atoms with Crippen molar-refractivity contribution >= 4 is 33.0 Å². The second kappa shape index (κ2) is 11.7. The van der Waals surface area contributed by atoms with Gasteiger partial charge in [0.15, 0.2) is 11.3 Å². The minimum atomic E-state index is -3.81. The SMILES string of the molecule is CCOc1ccc(S(=O)(=O)N2CCN(c3ccccc3SC)CC2)cc1-c1nn2c(C3CCCC3)nc(C)c2c(=O)[nH]1. The van der Waals surface area contributed by atoms with E-state index in [1.807, 2.05) is 32.2 Å². The van der Waals surface area contributed by atoms with E-state index in [4.69, 9.17) is 14.8 Å². The molecule has 2 aliphatic rings. The van der Waals surface area contributed by atoms with Gasteiger partial charge in [0.05, 0.1) is 28.4 Å². The van der Waals surface area contributed by atoms with Crippen LogP contribution in [0.25, 0.3) is 16.9 Å². The van der Waals surface area contributed by atoms with E-state index in [1.165, 1.54) is 9.20 Å². The first kappa shape index (κ1) is 28.8. The number of rotatable bonds is 8. The lowest BCUT2D eigenvalue weighted by Crippen LogP contribution is -2.48. The third-order valence-electron chi connectivity index (χ3n) is 8.23. The van der Waals surface area contributed by atoms with Gasteiger partial charge >= 0.3 is 0 Å². The number of imidazole rings is 1. The Bertz CT molecular complexity index is 1770. The molecule has 2 fully saturated rings. The Kier molecular flexibility index (Phi) is 8.03. The number of nitrogens with zero attached hydrogens (tertiary/aromatic N) is 5. The summed E-state index contributed by atoms with van der Waals surface area (Å²) >= 11 is 1.69. The number of fused-ring (bicyclic) bond motifs is 1. The van der Waals surface area contributed by atoms with Gasteiger partial charge in [-0.2, -0.15) is 4.31 Å². The number of thioether (sulfide) groups is 1. The molecule has 2 aromatic carbocycles. The molecule has 2 aromatic heterocycles. The molecular weight excluding hydrogens is 573 g/mol. The Morgan fingerprint density at radius 2 is 1.81 bits per heavy atom. The quantitative estimate of drug-likeness (QED) is 0.287. The molecule has 222 valence electrons. The van der Waals surface area contributed by atoms with Gasteiger partial charge in [0.25, 0.3) is 5.56 Å². The van der Waals surface area contributed by atoms with E-state index in [2.05, 4.69) is 22.0 Å². The number of aromatic amines is 1. The maximum absolute atomic E-state index is 13.9. The first-order valence-corrected chi connectivity index (χ1v) is 17.1. The summed E-state index contributed by atoms with van der Waals surface area (Å²) in [4.78, 5) is 24.4. The molecule has 1 N–H and O–H groups in total. The van der Waals surface area contributed by atoms with Crippen molar-refractivity contribution in [3.63, 3.8) is 0 Å². The van der Waals surface area contributed by atoms with Gasteiger partial charge in [-0.05, 0) is 63.3 Å². The highest BCUT2D eigenvalue weighted by Crippen LogP contribution is 2.36. The van der Waals surface area contributed by atoms with Crippen molar-refractivity contribution in [1.82, 2.24) is 23.9 Å². The van der Waals surface area contributed by atoms with Crippen molar-refractivity contribution in [2.75, 3.05) is 43.9 Å². The fraction of sp³-hybridized carbons (Fsp3) is 0.433. The van der Waals surface area contributed by atoms with Crippen LogP contribution in [0.15, 0.2) is 57.1 Å². The minimum absolute atomic E-state index is 0.138. The Hall–Kier alpha value is -3.35. The largest absolute Gasteiger partial charge is 0.493 e. The van der Waals surface area contributed by atoms with E-state index in [1.54, 1.807) is 34.5 Å². The van der Waals surface area contributed by atoms with Crippen LogP contribution in [0.5, 0.6) is 5.75 Å². The zero-order chi connectivity index (χ0) is 29.4. The lowest BCUT2D eigenvalue weighted by atomic mass is 10.1. The lowest BCUT2D eigenvalue weighted by Gasteiger charge is -2.36. The molecule has 0 spiro atoms. The number of hydrogen-bond donors (Lipinski definition) is 1. The monoisotopic (exact) mass is 608 g/mol. The summed E-state index contributed by atoms with van der Waals surface area (Å²) in [6, 6.07) is 13.0. The fourth-order valence-electron chi connectivity index (χ4n) is 6.11. The molecule has 0 atom stereocenters. The van der Waals surface area contributed by atoms with E-state index < -0.39 is 10.0 Å². The number of benzene rings is 2. The second-order valence-electron chi connectivity index (χ2n) is 10.8. The molecule has 1 aliphatic heterocycles. The summed E-state index contributed by atoms with van der Waals surface area (Å²) in [5, 5.41) is 4.81. The van der Waals surface area contributed by atoms with E-state index in [0.29, 0.717) is 55.3 Å². The van der Waals surface area contributed by atoms with Crippen molar-refractivity contribution < 1.29 is 13.2 Å². The van der Waals surface area contributed by atoms with Crippen LogP contribution in [0.1, 0.15) is 50.0 Å². The highest BCUT2D eigenvalue weighted by Gasteiger charge is 2.31. The number of H-pyrrole nitrogens is 1. The summed E-state index contributed by atoms with van der Waals surface area (Å²) < 4.78 is 36.8. The molecule has 1 aliphatic carbocycles. The molecule has 4 aromatic rings. The van der Waals surface area contributed by atoms with Crippen molar-refractivity contribution in [3.05, 3.63) is 64.3 Å². The van der Waals surface area contributed by atoms with Crippen LogP contribution >= 0.6 is 11.8 Å². The highest BCUT2D eigenvalue weighted by molar-refractivity contribution is 7.98. The van der Waals surface area contributed by atoms with Crippen molar-refractivity contribution in [2.45, 2.75) is 55.2 Å². The number of aryl methyl sites for hydroxylation is 1. The topological polar surface area (TPSA) is 113 Å². The van der Waals surface area contributed by atoms with Crippen molar-refractivity contribution in [3.8, 4) is 17.1 Å². The zero-order valence-corrected chi connectivity index (χ0v) is 25.8. The fourth-order valence-corrected chi connectivity index (χ4v) is 8.18. The van der Waals surface area contributed by atoms with E-state index in [9.17, 15) is 13.2 Å². The van der Waals surface area contributed by atoms with Gasteiger partial charge in [0.2, 0.25) is 10.0 Å². The molecule has 0 bridgehead atoms. The molecule has 1 saturated heterocycles. The predicted octanol–water partition coefficient (Wildman–Crippen LogP) is 4.68. The number of aromatic nitrogens is 4. The Labute approximate surface area is 250 Å². The van der Waals surface area contributed by atoms with Crippen LogP contribution in [0.4, 0.5) is 5.69 Å². The maximum atomic E-state index is 13.9. The van der Waals surface area contributed by atoms with Gasteiger partial charge in [-0.1, -0.05) is 25.0 Å². The van der Waals surface area contributed by atoms with E-state index in [-0.39, 0.29) is 22.2 Å². The van der Waals surface area contributed by atoms with Crippen LogP contribution in [0.3, 0.4) is 0 Å². The average molecular weight is 609 g/mol. The number of nitrogens with one attached hydrogen (secondary N) is 1. The van der Waals surface area contributed by atoms with Gasteiger partial charge in [-0.25, -0.2) is 17.9 Å². The number of para-hydroxylation sites is 1. The van der Waals surface area contributed by atoms with Crippen LogP contribution in [0.2, 0.25) is 0 Å². The Morgan fingerprint density at radius 3 is 2.52 bits per heavy atom. The van der Waals surface area contributed by atoms with Gasteiger partial charge in [-0.15, -0.1) is 16.9 Å². The average Bonchev–Trinajstić information content (AvgIpc) is 3.65. The lowest BCUT2D eigenvalue weighted by molar-refractivity contribution is 0.341. The molecule has 0 radical (unpaired) electrons. The number of ether oxygens (including phenoxy) is 1. The van der Waals surface area contributed by atoms with Crippen LogP contribution in [0, 0.1) is 6.92 Å². The highest BCUT2D eigenvalue weighted by atomic mass is 32.2. The van der Waals surface area contributed by atoms with Crippen LogP contribution < -0.4 is 15.2 Å². The molecule has 3 heterocycles. The summed E-state index contributed by atoms with van der Waals surface area (Å²) in [5.74, 6) is 1.74. The minimum Gasteiger partial charge on any atom is -0.493 e. The second-order valence-corrected chi connectivity index (χ2v) is 13.5. The van der Waals surface area contributed by atoms with Gasteiger partial charge in [-0.3, -0.25) is 4.79 Å². The van der Waals surface area contributed by atoms with E-state index >= 15 is 0 Å². The smallest absolute Gasteiger partial charge is 0.277 e. The van der Waals surface area contributed by atoms with Gasteiger partial charge in [0, 0.05) is 37.0 Å². The summed E-state index contributed by atoms with van der Waals surface area (Å²) in [6.07, 6.45) is 6.32. The molecule has 12 heteroatoms.